The van der Waals surface area contributed by atoms with E-state index in [-0.39, 0.29) is 18.3 Å². The van der Waals surface area contributed by atoms with E-state index in [0.717, 1.165) is 23.7 Å². The molecule has 0 radical (unpaired) electrons. The highest BCUT2D eigenvalue weighted by Gasteiger charge is 2.66. The third-order valence-electron chi connectivity index (χ3n) is 13.3. The molecule has 0 aromatic carbocycles. The Kier molecular flexibility index (Phi) is 11.2. The Morgan fingerprint density at radius 2 is 1.56 bits per heavy atom. The number of nitrogens with one attached hydrogen (secondary N) is 1. The van der Waals surface area contributed by atoms with Crippen molar-refractivity contribution in [3.63, 3.8) is 0 Å². The summed E-state index contributed by atoms with van der Waals surface area (Å²) in [5.41, 5.74) is 6.16. The van der Waals surface area contributed by atoms with E-state index in [0.29, 0.717) is 22.2 Å². The molecule has 0 bridgehead atoms. The van der Waals surface area contributed by atoms with Crippen LogP contribution in [0.15, 0.2) is 48.2 Å². The van der Waals surface area contributed by atoms with Crippen LogP contribution in [0.5, 0.6) is 0 Å². The SMILES string of the molecule is C.C=C(CC12CCC3C(/C(=C/C)CC4C5(C)C=CC(=C)C(C)(C)C5CCC34C)C1CC(C)(C)CC2)NC.CC.CC. The minimum Gasteiger partial charge on any atom is -0.392 e. The van der Waals surface area contributed by atoms with Crippen LogP contribution >= 0.6 is 0 Å². The Labute approximate surface area is 258 Å². The van der Waals surface area contributed by atoms with Gasteiger partial charge in [0, 0.05) is 12.7 Å². The van der Waals surface area contributed by atoms with Crippen molar-refractivity contribution < 1.29 is 0 Å². The quantitative estimate of drug-likeness (QED) is 0.336. The molecule has 0 heterocycles. The lowest BCUT2D eigenvalue weighted by Crippen LogP contribution is -2.62. The molecule has 8 unspecified atom stereocenters. The van der Waals surface area contributed by atoms with Crippen molar-refractivity contribution in [2.45, 2.75) is 141 Å². The van der Waals surface area contributed by atoms with Gasteiger partial charge in [-0.05, 0) is 127 Å². The highest BCUT2D eigenvalue weighted by molar-refractivity contribution is 5.35. The minimum absolute atomic E-state index is 0. The van der Waals surface area contributed by atoms with Crippen molar-refractivity contribution in [1.82, 2.24) is 5.32 Å². The summed E-state index contributed by atoms with van der Waals surface area (Å²) in [6, 6.07) is 0. The summed E-state index contributed by atoms with van der Waals surface area (Å²) in [7, 11) is 2.07. The van der Waals surface area contributed by atoms with Crippen LogP contribution in [0.2, 0.25) is 0 Å². The molecule has 8 atom stereocenters. The van der Waals surface area contributed by atoms with E-state index in [4.69, 9.17) is 0 Å². The van der Waals surface area contributed by atoms with Gasteiger partial charge in [0.1, 0.15) is 0 Å². The third kappa shape index (κ3) is 5.71. The van der Waals surface area contributed by atoms with E-state index in [1.807, 2.05) is 33.3 Å². The summed E-state index contributed by atoms with van der Waals surface area (Å²) in [6.45, 7) is 34.7. The summed E-state index contributed by atoms with van der Waals surface area (Å²) in [4.78, 5) is 0. The predicted octanol–water partition coefficient (Wildman–Crippen LogP) is 12.2. The first kappa shape index (κ1) is 36.0. The fourth-order valence-electron chi connectivity index (χ4n) is 11.0. The van der Waals surface area contributed by atoms with E-state index in [2.05, 4.69) is 92.2 Å². The van der Waals surface area contributed by atoms with Crippen molar-refractivity contribution in [2.24, 2.45) is 56.7 Å². The summed E-state index contributed by atoms with van der Waals surface area (Å²) in [5, 5.41) is 3.43. The Balaban J connectivity index is 0.00000113. The molecule has 4 fully saturated rings. The number of hydrogen-bond donors (Lipinski definition) is 1. The van der Waals surface area contributed by atoms with Gasteiger partial charge in [-0.2, -0.15) is 0 Å². The molecular weight excluding hydrogens is 494 g/mol. The van der Waals surface area contributed by atoms with Crippen LogP contribution in [0.3, 0.4) is 0 Å². The van der Waals surface area contributed by atoms with Crippen LogP contribution in [0.1, 0.15) is 141 Å². The number of fused-ring (bicyclic) bond motifs is 7. The molecule has 0 aromatic rings. The van der Waals surface area contributed by atoms with Crippen LogP contribution in [0.4, 0.5) is 0 Å². The standard InChI is InChI=1S/C35H55N.2C2H6.CH4/c1-11-25-20-29-33(8,16-14-28-32(6,7)23(2)12-15-34(28,29)9)26-13-17-35(21-24(3)36-10)19-18-31(4,5)22-27(35)30(25)26;2*1-2;/h11-12,15,26-30,36H,2-3,13-14,16-22H2,1,4-10H3;2*1-2H3;1H4/b25-11+;;;. The third-order valence-corrected chi connectivity index (χ3v) is 13.3. The van der Waals surface area contributed by atoms with Gasteiger partial charge in [0.15, 0.2) is 0 Å². The lowest BCUT2D eigenvalue weighted by molar-refractivity contribution is -0.164. The number of rotatable bonds is 3. The molecule has 5 aliphatic carbocycles. The van der Waals surface area contributed by atoms with Gasteiger partial charge in [-0.25, -0.2) is 0 Å². The second-order valence-corrected chi connectivity index (χ2v) is 15.7. The fourth-order valence-corrected chi connectivity index (χ4v) is 11.0. The molecule has 4 saturated carbocycles. The summed E-state index contributed by atoms with van der Waals surface area (Å²) >= 11 is 0. The topological polar surface area (TPSA) is 12.0 Å². The molecule has 0 amide bonds. The van der Waals surface area contributed by atoms with Gasteiger partial charge in [-0.1, -0.05) is 114 Å². The van der Waals surface area contributed by atoms with Crippen molar-refractivity contribution in [3.8, 4) is 0 Å². The van der Waals surface area contributed by atoms with Gasteiger partial charge < -0.3 is 5.32 Å². The summed E-state index contributed by atoms with van der Waals surface area (Å²) in [6.07, 6.45) is 19.8. The van der Waals surface area contributed by atoms with Crippen molar-refractivity contribution in [2.75, 3.05) is 7.05 Å². The van der Waals surface area contributed by atoms with E-state index >= 15 is 0 Å². The van der Waals surface area contributed by atoms with Gasteiger partial charge in [0.05, 0.1) is 0 Å². The highest BCUT2D eigenvalue weighted by atomic mass is 14.8. The van der Waals surface area contributed by atoms with Gasteiger partial charge in [-0.3, -0.25) is 0 Å². The summed E-state index contributed by atoms with van der Waals surface area (Å²) < 4.78 is 0. The second-order valence-electron chi connectivity index (χ2n) is 15.7. The molecule has 0 spiro atoms. The predicted molar refractivity (Wildman–Crippen MR) is 185 cm³/mol. The lowest BCUT2D eigenvalue weighted by atomic mass is 9.35. The van der Waals surface area contributed by atoms with Gasteiger partial charge in [-0.15, -0.1) is 0 Å². The molecular formula is C40H71N. The Hall–Kier alpha value is -1.24. The fraction of sp³-hybridized carbons (Fsp3) is 0.800. The summed E-state index contributed by atoms with van der Waals surface area (Å²) in [5.74, 6) is 3.79. The number of allylic oxidation sites excluding steroid dienone is 6. The minimum atomic E-state index is 0. The second kappa shape index (κ2) is 12.8. The maximum atomic E-state index is 4.49. The van der Waals surface area contributed by atoms with Crippen molar-refractivity contribution in [1.29, 1.82) is 0 Å². The van der Waals surface area contributed by atoms with Crippen molar-refractivity contribution in [3.05, 3.63) is 48.2 Å². The smallest absolute Gasteiger partial charge is 0.00367 e. The van der Waals surface area contributed by atoms with Gasteiger partial charge >= 0.3 is 0 Å². The van der Waals surface area contributed by atoms with Crippen LogP contribution in [0, 0.1) is 56.7 Å². The Morgan fingerprint density at radius 3 is 2.15 bits per heavy atom. The average Bonchev–Trinajstić information content (AvgIpc) is 2.93. The van der Waals surface area contributed by atoms with E-state index in [1.54, 1.807) is 0 Å². The van der Waals surface area contributed by atoms with Crippen LogP contribution in [-0.2, 0) is 0 Å². The first-order chi connectivity index (χ1) is 18.7. The molecule has 5 rings (SSSR count). The normalized spacial score (nSPS) is 42.3. The molecule has 1 heteroatoms. The monoisotopic (exact) mass is 566 g/mol. The van der Waals surface area contributed by atoms with Crippen molar-refractivity contribution >= 4 is 0 Å². The van der Waals surface area contributed by atoms with Gasteiger partial charge in [0.25, 0.3) is 0 Å². The zero-order chi connectivity index (χ0) is 30.3. The largest absolute Gasteiger partial charge is 0.392 e. The average molecular weight is 566 g/mol. The molecule has 0 aliphatic heterocycles. The van der Waals surface area contributed by atoms with E-state index < -0.39 is 0 Å². The number of hydrogen-bond acceptors (Lipinski definition) is 1. The van der Waals surface area contributed by atoms with E-state index in [9.17, 15) is 0 Å². The van der Waals surface area contributed by atoms with Crippen LogP contribution < -0.4 is 5.32 Å². The molecule has 1 nitrogen and oxygen atoms in total. The van der Waals surface area contributed by atoms with Crippen LogP contribution in [0.25, 0.3) is 0 Å². The molecule has 0 saturated heterocycles. The van der Waals surface area contributed by atoms with Crippen LogP contribution in [-0.4, -0.2) is 7.05 Å². The molecule has 0 aromatic heterocycles. The molecule has 5 aliphatic rings. The highest BCUT2D eigenvalue weighted by Crippen LogP contribution is 2.74. The van der Waals surface area contributed by atoms with Gasteiger partial charge in [0.2, 0.25) is 0 Å². The Morgan fingerprint density at radius 1 is 0.927 bits per heavy atom. The van der Waals surface area contributed by atoms with E-state index in [1.165, 1.54) is 69.1 Å². The maximum Gasteiger partial charge on any atom is 0.00367 e. The maximum absolute atomic E-state index is 4.49. The Bertz CT molecular complexity index is 992. The first-order valence-corrected chi connectivity index (χ1v) is 17.1. The first-order valence-electron chi connectivity index (χ1n) is 17.1. The zero-order valence-corrected chi connectivity index (χ0v) is 28.9. The molecule has 1 N–H and O–H groups in total. The molecule has 236 valence electrons. The zero-order valence-electron chi connectivity index (χ0n) is 28.9. The lowest BCUT2D eigenvalue weighted by Gasteiger charge is -2.69. The molecule has 41 heavy (non-hydrogen) atoms.